The van der Waals surface area contributed by atoms with Crippen LogP contribution < -0.4 is 0 Å². The number of hydrogen-bond acceptors (Lipinski definition) is 3. The van der Waals surface area contributed by atoms with Gasteiger partial charge in [0.15, 0.2) is 0 Å². The molecule has 8 heteroatoms. The van der Waals surface area contributed by atoms with Crippen LogP contribution in [0.15, 0.2) is 24.3 Å². The SMILES string of the molecule is CC(C)(C)N(C(=O)O)C1CCN(CC(c2cccc(C(F)(F)F)c2)C2(O)CCCCC2)CC1. The van der Waals surface area contributed by atoms with Crippen molar-refractivity contribution in [2.24, 2.45) is 0 Å². The summed E-state index contributed by atoms with van der Waals surface area (Å²) in [5.74, 6) is -0.421. The summed E-state index contributed by atoms with van der Waals surface area (Å²) in [7, 11) is 0. The quantitative estimate of drug-likeness (QED) is 0.577. The average Bonchev–Trinajstić information content (AvgIpc) is 2.72. The van der Waals surface area contributed by atoms with Crippen molar-refractivity contribution in [3.8, 4) is 0 Å². The summed E-state index contributed by atoms with van der Waals surface area (Å²) in [6.07, 6.45) is -0.0983. The van der Waals surface area contributed by atoms with Crippen molar-refractivity contribution in [1.29, 1.82) is 0 Å². The van der Waals surface area contributed by atoms with E-state index in [-0.39, 0.29) is 6.04 Å². The Morgan fingerprint density at radius 3 is 2.27 bits per heavy atom. The number of piperidine rings is 1. The minimum Gasteiger partial charge on any atom is -0.465 e. The summed E-state index contributed by atoms with van der Waals surface area (Å²) < 4.78 is 40.1. The molecule has 0 spiro atoms. The summed E-state index contributed by atoms with van der Waals surface area (Å²) in [5, 5.41) is 21.2. The molecule has 2 fully saturated rings. The van der Waals surface area contributed by atoms with Gasteiger partial charge in [-0.25, -0.2) is 4.79 Å². The molecule has 1 amide bonds. The molecule has 2 aliphatic rings. The normalized spacial score (nSPS) is 21.5. The van der Waals surface area contributed by atoms with E-state index in [2.05, 4.69) is 4.90 Å². The van der Waals surface area contributed by atoms with E-state index < -0.39 is 34.9 Å². The Morgan fingerprint density at radius 1 is 1.15 bits per heavy atom. The van der Waals surface area contributed by atoms with Crippen LogP contribution in [-0.4, -0.2) is 62.9 Å². The van der Waals surface area contributed by atoms with Crippen molar-refractivity contribution >= 4 is 6.09 Å². The fraction of sp³-hybridized carbons (Fsp3) is 0.720. The maximum Gasteiger partial charge on any atom is 0.416 e. The third-order valence-electron chi connectivity index (χ3n) is 7.28. The molecule has 1 saturated heterocycles. The van der Waals surface area contributed by atoms with Gasteiger partial charge >= 0.3 is 12.3 Å². The highest BCUT2D eigenvalue weighted by molar-refractivity contribution is 5.66. The first-order valence-corrected chi connectivity index (χ1v) is 12.0. The molecule has 1 aromatic carbocycles. The van der Waals surface area contributed by atoms with Crippen LogP contribution in [0.4, 0.5) is 18.0 Å². The van der Waals surface area contributed by atoms with Gasteiger partial charge in [0.05, 0.1) is 11.2 Å². The third kappa shape index (κ3) is 6.21. The fourth-order valence-corrected chi connectivity index (χ4v) is 5.64. The summed E-state index contributed by atoms with van der Waals surface area (Å²) in [5.41, 5.74) is -1.70. The maximum atomic E-state index is 13.4. The molecule has 1 heterocycles. The molecule has 0 bridgehead atoms. The first-order chi connectivity index (χ1) is 15.3. The second-order valence-corrected chi connectivity index (χ2v) is 10.7. The van der Waals surface area contributed by atoms with Crippen LogP contribution in [0.25, 0.3) is 0 Å². The van der Waals surface area contributed by atoms with E-state index in [9.17, 15) is 28.2 Å². The van der Waals surface area contributed by atoms with Crippen LogP contribution in [0.1, 0.15) is 82.8 Å². The maximum absolute atomic E-state index is 13.4. The first-order valence-electron chi connectivity index (χ1n) is 12.0. The highest BCUT2D eigenvalue weighted by Crippen LogP contribution is 2.42. The zero-order valence-corrected chi connectivity index (χ0v) is 19.9. The van der Waals surface area contributed by atoms with Gasteiger partial charge in [-0.3, -0.25) is 0 Å². The molecule has 1 aliphatic carbocycles. The number of halogens is 3. The number of rotatable bonds is 5. The number of hydrogen-bond donors (Lipinski definition) is 2. The van der Waals surface area contributed by atoms with Gasteiger partial charge in [-0.2, -0.15) is 13.2 Å². The molecular weight excluding hydrogens is 433 g/mol. The molecule has 2 N–H and O–H groups in total. The van der Waals surface area contributed by atoms with E-state index in [1.807, 2.05) is 20.8 Å². The molecule has 186 valence electrons. The Balaban J connectivity index is 1.79. The van der Waals surface area contributed by atoms with Crippen molar-refractivity contribution in [3.63, 3.8) is 0 Å². The topological polar surface area (TPSA) is 64.0 Å². The van der Waals surface area contributed by atoms with Crippen LogP contribution in [0.3, 0.4) is 0 Å². The van der Waals surface area contributed by atoms with Crippen molar-refractivity contribution in [1.82, 2.24) is 9.80 Å². The lowest BCUT2D eigenvalue weighted by molar-refractivity contribution is -0.137. The van der Waals surface area contributed by atoms with Gasteiger partial charge in [0.1, 0.15) is 0 Å². The van der Waals surface area contributed by atoms with E-state index >= 15 is 0 Å². The smallest absolute Gasteiger partial charge is 0.416 e. The number of benzene rings is 1. The molecule has 1 saturated carbocycles. The Morgan fingerprint density at radius 2 is 1.76 bits per heavy atom. The predicted octanol–water partition coefficient (Wildman–Crippen LogP) is 5.73. The highest BCUT2D eigenvalue weighted by Gasteiger charge is 2.42. The van der Waals surface area contributed by atoms with Crippen LogP contribution in [-0.2, 0) is 6.18 Å². The molecule has 0 aromatic heterocycles. The van der Waals surface area contributed by atoms with Gasteiger partial charge in [0.2, 0.25) is 0 Å². The van der Waals surface area contributed by atoms with Crippen LogP contribution >= 0.6 is 0 Å². The molecule has 1 aliphatic heterocycles. The van der Waals surface area contributed by atoms with E-state index in [0.29, 0.717) is 50.9 Å². The summed E-state index contributed by atoms with van der Waals surface area (Å²) in [6.45, 7) is 7.42. The number of amides is 1. The average molecular weight is 471 g/mol. The number of nitrogens with zero attached hydrogens (tertiary/aromatic N) is 2. The molecule has 1 aromatic rings. The molecular formula is C25H37F3N2O3. The molecule has 5 nitrogen and oxygen atoms in total. The predicted molar refractivity (Wildman–Crippen MR) is 121 cm³/mol. The zero-order valence-electron chi connectivity index (χ0n) is 19.9. The Bertz CT molecular complexity index is 808. The van der Waals surface area contributed by atoms with Crippen molar-refractivity contribution in [2.45, 2.75) is 95.0 Å². The van der Waals surface area contributed by atoms with Crippen LogP contribution in [0.5, 0.6) is 0 Å². The minimum absolute atomic E-state index is 0.0940. The second-order valence-electron chi connectivity index (χ2n) is 10.7. The monoisotopic (exact) mass is 470 g/mol. The third-order valence-corrected chi connectivity index (χ3v) is 7.28. The van der Waals surface area contributed by atoms with Gasteiger partial charge < -0.3 is 20.0 Å². The second kappa shape index (κ2) is 9.82. The fourth-order valence-electron chi connectivity index (χ4n) is 5.64. The standard InChI is InChI=1S/C25H37F3N2O3/c1-23(2,3)30(22(31)32)20-10-14-29(15-11-20)17-21(24(33)12-5-4-6-13-24)18-8-7-9-19(16-18)25(26,27)28/h7-9,16,20-21,33H,4-6,10-15,17H2,1-3H3,(H,31,32). The largest absolute Gasteiger partial charge is 0.465 e. The molecule has 1 unspecified atom stereocenters. The van der Waals surface area contributed by atoms with Crippen molar-refractivity contribution in [2.75, 3.05) is 19.6 Å². The number of likely N-dealkylation sites (tertiary alicyclic amines) is 1. The van der Waals surface area contributed by atoms with Gasteiger partial charge in [-0.05, 0) is 58.1 Å². The van der Waals surface area contributed by atoms with Crippen LogP contribution in [0, 0.1) is 0 Å². The molecule has 3 rings (SSSR count). The lowest BCUT2D eigenvalue weighted by atomic mass is 9.72. The summed E-state index contributed by atoms with van der Waals surface area (Å²) in [4.78, 5) is 15.5. The number of alkyl halides is 3. The number of carboxylic acid groups (broad SMARTS) is 1. The number of carbonyl (C=O) groups is 1. The molecule has 0 radical (unpaired) electrons. The van der Waals surface area contributed by atoms with Gasteiger partial charge in [-0.1, -0.05) is 37.5 Å². The van der Waals surface area contributed by atoms with E-state index in [1.54, 1.807) is 6.07 Å². The minimum atomic E-state index is -4.43. The molecule has 1 atom stereocenters. The van der Waals surface area contributed by atoms with Gasteiger partial charge in [0.25, 0.3) is 0 Å². The van der Waals surface area contributed by atoms with E-state index in [4.69, 9.17) is 0 Å². The Labute approximate surface area is 194 Å². The zero-order chi connectivity index (χ0) is 24.4. The van der Waals surface area contributed by atoms with Gasteiger partial charge in [0, 0.05) is 37.1 Å². The highest BCUT2D eigenvalue weighted by atomic mass is 19.4. The Hall–Kier alpha value is -1.80. The lowest BCUT2D eigenvalue weighted by Gasteiger charge is -2.46. The summed E-state index contributed by atoms with van der Waals surface area (Å²) in [6, 6.07) is 5.30. The summed E-state index contributed by atoms with van der Waals surface area (Å²) >= 11 is 0. The van der Waals surface area contributed by atoms with Crippen molar-refractivity contribution in [3.05, 3.63) is 35.4 Å². The van der Waals surface area contributed by atoms with Crippen LogP contribution in [0.2, 0.25) is 0 Å². The number of aliphatic hydroxyl groups is 1. The van der Waals surface area contributed by atoms with Crippen molar-refractivity contribution < 1.29 is 28.2 Å². The first kappa shape index (κ1) is 25.8. The van der Waals surface area contributed by atoms with E-state index in [1.165, 1.54) is 17.0 Å². The van der Waals surface area contributed by atoms with E-state index in [0.717, 1.165) is 25.3 Å². The molecule has 33 heavy (non-hydrogen) atoms. The Kier molecular flexibility index (Phi) is 7.68. The lowest BCUT2D eigenvalue weighted by Crippen LogP contribution is -2.55. The van der Waals surface area contributed by atoms with Gasteiger partial charge in [-0.15, -0.1) is 0 Å².